The van der Waals surface area contributed by atoms with Gasteiger partial charge in [0.05, 0.1) is 15.2 Å². The van der Waals surface area contributed by atoms with Gasteiger partial charge in [0.25, 0.3) is 5.91 Å². The van der Waals surface area contributed by atoms with Gasteiger partial charge in [-0.15, -0.1) is 11.3 Å². The number of carbonyl (C=O) groups is 2. The Kier molecular flexibility index (Phi) is 7.50. The van der Waals surface area contributed by atoms with Gasteiger partial charge >= 0.3 is 0 Å². The molecule has 1 aromatic heterocycles. The molecule has 0 unspecified atom stereocenters. The van der Waals surface area contributed by atoms with E-state index >= 15 is 0 Å². The van der Waals surface area contributed by atoms with E-state index in [4.69, 9.17) is 9.47 Å². The lowest BCUT2D eigenvalue weighted by atomic mass is 10.2. The summed E-state index contributed by atoms with van der Waals surface area (Å²) >= 11 is 1.56. The summed E-state index contributed by atoms with van der Waals surface area (Å²) in [6.07, 6.45) is 0.738. The Hall–Kier alpha value is -3.91. The van der Waals surface area contributed by atoms with Gasteiger partial charge in [-0.25, -0.2) is 4.98 Å². The number of benzene rings is 3. The van der Waals surface area contributed by atoms with E-state index in [0.29, 0.717) is 24.5 Å². The standard InChI is InChI=1S/C25H23N3O4S/c29-23(14-15-25-26-21-8-4-5-9-22(21)33-25)27-28-24(30)17-32-20-12-10-19(11-13-20)31-16-18-6-2-1-3-7-18/h1-13H,14-17H2,(H,27,29)(H,28,30). The Balaban J connectivity index is 1.13. The average Bonchev–Trinajstić information content (AvgIpc) is 3.28. The molecular weight excluding hydrogens is 438 g/mol. The molecule has 33 heavy (non-hydrogen) atoms. The fourth-order valence-electron chi connectivity index (χ4n) is 3.01. The molecule has 0 aliphatic carbocycles. The van der Waals surface area contributed by atoms with Gasteiger partial charge < -0.3 is 9.47 Å². The SMILES string of the molecule is O=C(CCc1nc2ccccc2s1)NNC(=O)COc1ccc(OCc2ccccc2)cc1. The minimum Gasteiger partial charge on any atom is -0.489 e. The molecule has 0 fully saturated rings. The number of para-hydroxylation sites is 1. The second-order valence-corrected chi connectivity index (χ2v) is 8.32. The second-order valence-electron chi connectivity index (χ2n) is 7.21. The van der Waals surface area contributed by atoms with Crippen molar-refractivity contribution in [2.75, 3.05) is 6.61 Å². The number of aryl methyl sites for hydroxylation is 1. The molecule has 4 aromatic rings. The smallest absolute Gasteiger partial charge is 0.276 e. The van der Waals surface area contributed by atoms with E-state index < -0.39 is 5.91 Å². The third kappa shape index (κ3) is 6.78. The zero-order chi connectivity index (χ0) is 22.9. The van der Waals surface area contributed by atoms with Crippen molar-refractivity contribution in [3.8, 4) is 11.5 Å². The van der Waals surface area contributed by atoms with Crippen LogP contribution >= 0.6 is 11.3 Å². The summed E-state index contributed by atoms with van der Waals surface area (Å²) < 4.78 is 12.3. The summed E-state index contributed by atoms with van der Waals surface area (Å²) in [5, 5.41) is 0.886. The summed E-state index contributed by atoms with van der Waals surface area (Å²) in [5.41, 5.74) is 6.77. The van der Waals surface area contributed by atoms with Gasteiger partial charge in [-0.1, -0.05) is 42.5 Å². The van der Waals surface area contributed by atoms with Crippen LogP contribution in [-0.2, 0) is 22.6 Å². The largest absolute Gasteiger partial charge is 0.489 e. The molecule has 7 nitrogen and oxygen atoms in total. The molecule has 0 aliphatic heterocycles. The lowest BCUT2D eigenvalue weighted by molar-refractivity contribution is -0.130. The maximum atomic E-state index is 12.0. The van der Waals surface area contributed by atoms with Crippen LogP contribution in [0.15, 0.2) is 78.9 Å². The summed E-state index contributed by atoms with van der Waals surface area (Å²) in [6, 6.07) is 24.7. The Bertz CT molecular complexity index is 1180. The van der Waals surface area contributed by atoms with Crippen LogP contribution in [0.4, 0.5) is 0 Å². The number of thiazole rings is 1. The molecule has 0 spiro atoms. The number of carbonyl (C=O) groups excluding carboxylic acids is 2. The normalized spacial score (nSPS) is 10.5. The van der Waals surface area contributed by atoms with E-state index in [1.807, 2.05) is 54.6 Å². The Morgan fingerprint density at radius 2 is 1.45 bits per heavy atom. The van der Waals surface area contributed by atoms with Crippen LogP contribution in [0.3, 0.4) is 0 Å². The van der Waals surface area contributed by atoms with Gasteiger partial charge in [-0.2, -0.15) is 0 Å². The van der Waals surface area contributed by atoms with E-state index in [-0.39, 0.29) is 18.9 Å². The highest BCUT2D eigenvalue weighted by atomic mass is 32.1. The molecule has 0 bridgehead atoms. The van der Waals surface area contributed by atoms with Gasteiger partial charge in [-0.3, -0.25) is 20.4 Å². The van der Waals surface area contributed by atoms with Crippen molar-refractivity contribution in [2.24, 2.45) is 0 Å². The van der Waals surface area contributed by atoms with Crippen molar-refractivity contribution in [3.63, 3.8) is 0 Å². The first-order valence-electron chi connectivity index (χ1n) is 10.5. The molecule has 8 heteroatoms. The lowest BCUT2D eigenvalue weighted by Crippen LogP contribution is -2.43. The van der Waals surface area contributed by atoms with Crippen LogP contribution in [0.25, 0.3) is 10.2 Å². The van der Waals surface area contributed by atoms with Crippen molar-refractivity contribution in [1.82, 2.24) is 15.8 Å². The summed E-state index contributed by atoms with van der Waals surface area (Å²) in [6.45, 7) is 0.254. The monoisotopic (exact) mass is 461 g/mol. The van der Waals surface area contributed by atoms with Crippen molar-refractivity contribution >= 4 is 33.4 Å². The van der Waals surface area contributed by atoms with E-state index in [9.17, 15) is 9.59 Å². The van der Waals surface area contributed by atoms with Crippen LogP contribution in [-0.4, -0.2) is 23.4 Å². The summed E-state index contributed by atoms with van der Waals surface area (Å²) in [5.74, 6) is 0.491. The third-order valence-electron chi connectivity index (χ3n) is 4.69. The van der Waals surface area contributed by atoms with E-state index in [1.54, 1.807) is 35.6 Å². The molecule has 0 aliphatic rings. The summed E-state index contributed by atoms with van der Waals surface area (Å²) in [4.78, 5) is 28.5. The Morgan fingerprint density at radius 1 is 0.788 bits per heavy atom. The number of hydrazine groups is 1. The van der Waals surface area contributed by atoms with Crippen LogP contribution in [0.5, 0.6) is 11.5 Å². The van der Waals surface area contributed by atoms with Crippen LogP contribution in [0.2, 0.25) is 0 Å². The number of nitrogens with one attached hydrogen (secondary N) is 2. The topological polar surface area (TPSA) is 89.6 Å². The maximum Gasteiger partial charge on any atom is 0.276 e. The molecular formula is C25H23N3O4S. The average molecular weight is 462 g/mol. The van der Waals surface area contributed by atoms with Crippen molar-refractivity contribution < 1.29 is 19.1 Å². The van der Waals surface area contributed by atoms with Gasteiger partial charge in [0.1, 0.15) is 18.1 Å². The molecule has 0 atom stereocenters. The molecule has 2 amide bonds. The van der Waals surface area contributed by atoms with Crippen molar-refractivity contribution in [2.45, 2.75) is 19.4 Å². The predicted molar refractivity (Wildman–Crippen MR) is 127 cm³/mol. The quantitative estimate of drug-likeness (QED) is 0.367. The number of hydrogen-bond donors (Lipinski definition) is 2. The minimum atomic E-state index is -0.451. The predicted octanol–water partition coefficient (Wildman–Crippen LogP) is 4.03. The van der Waals surface area contributed by atoms with Gasteiger partial charge in [0.15, 0.2) is 6.61 Å². The van der Waals surface area contributed by atoms with Gasteiger partial charge in [-0.05, 0) is 42.0 Å². The van der Waals surface area contributed by atoms with Crippen LogP contribution in [0.1, 0.15) is 17.0 Å². The number of fused-ring (bicyclic) bond motifs is 1. The molecule has 168 valence electrons. The van der Waals surface area contributed by atoms with Crippen LogP contribution < -0.4 is 20.3 Å². The highest BCUT2D eigenvalue weighted by Crippen LogP contribution is 2.22. The van der Waals surface area contributed by atoms with Crippen LogP contribution in [0, 0.1) is 0 Å². The first-order chi connectivity index (χ1) is 16.2. The number of ether oxygens (including phenoxy) is 2. The molecule has 0 saturated carbocycles. The highest BCUT2D eigenvalue weighted by molar-refractivity contribution is 7.18. The molecule has 2 N–H and O–H groups in total. The zero-order valence-corrected chi connectivity index (χ0v) is 18.6. The number of aromatic nitrogens is 1. The minimum absolute atomic E-state index is 0.220. The fourth-order valence-corrected chi connectivity index (χ4v) is 3.97. The van der Waals surface area contributed by atoms with Crippen molar-refractivity contribution in [3.05, 3.63) is 89.4 Å². The number of hydrogen-bond acceptors (Lipinski definition) is 6. The Labute approximate surface area is 195 Å². The van der Waals surface area contributed by atoms with E-state index in [1.165, 1.54) is 0 Å². The second kappa shape index (κ2) is 11.1. The van der Waals surface area contributed by atoms with Gasteiger partial charge in [0.2, 0.25) is 5.91 Å². The number of amides is 2. The van der Waals surface area contributed by atoms with Gasteiger partial charge in [0, 0.05) is 12.8 Å². The van der Waals surface area contributed by atoms with Crippen molar-refractivity contribution in [1.29, 1.82) is 0 Å². The molecule has 1 heterocycles. The fraction of sp³-hybridized carbons (Fsp3) is 0.160. The Morgan fingerprint density at radius 3 is 2.21 bits per heavy atom. The van der Waals surface area contributed by atoms with E-state index in [0.717, 1.165) is 20.8 Å². The molecule has 0 radical (unpaired) electrons. The first-order valence-corrected chi connectivity index (χ1v) is 11.3. The first kappa shape index (κ1) is 22.3. The molecule has 3 aromatic carbocycles. The molecule has 4 rings (SSSR count). The van der Waals surface area contributed by atoms with E-state index in [2.05, 4.69) is 15.8 Å². The number of rotatable bonds is 9. The molecule has 0 saturated heterocycles. The highest BCUT2D eigenvalue weighted by Gasteiger charge is 2.09. The summed E-state index contributed by atoms with van der Waals surface area (Å²) in [7, 11) is 0. The third-order valence-corrected chi connectivity index (χ3v) is 5.78. The number of nitrogens with zero attached hydrogens (tertiary/aromatic N) is 1. The maximum absolute atomic E-state index is 12.0. The lowest BCUT2D eigenvalue weighted by Gasteiger charge is -2.10. The zero-order valence-electron chi connectivity index (χ0n) is 17.8.